The van der Waals surface area contributed by atoms with Crippen LogP contribution in [0, 0.1) is 6.92 Å². The van der Waals surface area contributed by atoms with E-state index in [4.69, 9.17) is 14.6 Å². The van der Waals surface area contributed by atoms with Crippen LogP contribution in [0.4, 0.5) is 0 Å². The number of carbonyl (C=O) groups is 1. The van der Waals surface area contributed by atoms with Crippen molar-refractivity contribution in [3.8, 4) is 17.4 Å². The lowest BCUT2D eigenvalue weighted by atomic mass is 10.1. The molecule has 0 aliphatic rings. The number of hydrogen-bond acceptors (Lipinski definition) is 6. The molecule has 1 N–H and O–H groups in total. The van der Waals surface area contributed by atoms with E-state index in [1.807, 2.05) is 19.1 Å². The lowest BCUT2D eigenvalue weighted by Gasteiger charge is -2.11. The fraction of sp³-hybridized carbons (Fsp3) is 0.182. The Morgan fingerprint density at radius 3 is 2.37 bits per heavy atom. The topological polar surface area (TPSA) is 103 Å². The molecule has 0 radical (unpaired) electrons. The molecule has 1 heterocycles. The van der Waals surface area contributed by atoms with E-state index in [2.05, 4.69) is 4.98 Å². The average molecular weight is 427 g/mol. The molecule has 3 aromatic rings. The van der Waals surface area contributed by atoms with Gasteiger partial charge in [0.15, 0.2) is 0 Å². The van der Waals surface area contributed by atoms with Crippen molar-refractivity contribution >= 4 is 15.8 Å². The second-order valence-electron chi connectivity index (χ2n) is 6.51. The maximum absolute atomic E-state index is 13.1. The smallest absolute Gasteiger partial charge is 0.307 e. The minimum atomic E-state index is -3.88. The number of aliphatic carboxylic acids is 1. The molecular formula is C22H21NO6S. The summed E-state index contributed by atoms with van der Waals surface area (Å²) >= 11 is 0. The van der Waals surface area contributed by atoms with Crippen LogP contribution in [0.1, 0.15) is 18.2 Å². The molecule has 0 aliphatic heterocycles. The molecule has 8 heteroatoms. The summed E-state index contributed by atoms with van der Waals surface area (Å²) in [6, 6.07) is 15.6. The van der Waals surface area contributed by atoms with E-state index in [0.717, 1.165) is 5.69 Å². The lowest BCUT2D eigenvalue weighted by molar-refractivity contribution is -0.136. The fourth-order valence-electron chi connectivity index (χ4n) is 2.83. The van der Waals surface area contributed by atoms with Crippen molar-refractivity contribution in [3.63, 3.8) is 0 Å². The van der Waals surface area contributed by atoms with E-state index >= 15 is 0 Å². The minimum absolute atomic E-state index is 0.0290. The Labute approximate surface area is 174 Å². The molecule has 30 heavy (non-hydrogen) atoms. The van der Waals surface area contributed by atoms with Crippen LogP contribution in [-0.4, -0.2) is 31.1 Å². The summed E-state index contributed by atoms with van der Waals surface area (Å²) in [5.41, 5.74) is 1.15. The Morgan fingerprint density at radius 1 is 1.00 bits per heavy atom. The maximum atomic E-state index is 13.1. The summed E-state index contributed by atoms with van der Waals surface area (Å²) < 4.78 is 37.2. The summed E-state index contributed by atoms with van der Waals surface area (Å²) in [5.74, 6) is 0.105. The highest BCUT2D eigenvalue weighted by molar-refractivity contribution is 7.91. The molecule has 0 spiro atoms. The third-order valence-corrected chi connectivity index (χ3v) is 5.88. The van der Waals surface area contributed by atoms with Gasteiger partial charge in [-0.1, -0.05) is 6.07 Å². The number of ether oxygens (including phenoxy) is 2. The SMILES string of the molecule is CCOc1cc(CC(=O)O)cc(S(=O)(=O)c2ccc(Oc3cccc(C)n3)cc2)c1. The van der Waals surface area contributed by atoms with Gasteiger partial charge < -0.3 is 14.6 Å². The van der Waals surface area contributed by atoms with Gasteiger partial charge in [-0.3, -0.25) is 4.79 Å². The first-order valence-corrected chi connectivity index (χ1v) is 10.7. The predicted octanol–water partition coefficient (Wildman–Crippen LogP) is 4.04. The molecule has 0 saturated heterocycles. The van der Waals surface area contributed by atoms with Crippen molar-refractivity contribution in [2.45, 2.75) is 30.1 Å². The average Bonchev–Trinajstić information content (AvgIpc) is 2.68. The normalized spacial score (nSPS) is 11.1. The van der Waals surface area contributed by atoms with Gasteiger partial charge >= 0.3 is 5.97 Å². The number of rotatable bonds is 8. The molecule has 0 saturated carbocycles. The molecule has 0 aliphatic carbocycles. The number of pyridine rings is 1. The molecule has 3 rings (SSSR count). The molecule has 2 aromatic carbocycles. The van der Waals surface area contributed by atoms with Gasteiger partial charge in [0.05, 0.1) is 22.8 Å². The Morgan fingerprint density at radius 2 is 1.73 bits per heavy atom. The summed E-state index contributed by atoms with van der Waals surface area (Å²) in [7, 11) is -3.88. The second-order valence-corrected chi connectivity index (χ2v) is 8.46. The number of carboxylic acid groups (broad SMARTS) is 1. The zero-order valence-electron chi connectivity index (χ0n) is 16.5. The molecule has 0 fully saturated rings. The summed E-state index contributed by atoms with van der Waals surface area (Å²) in [6.45, 7) is 3.94. The standard InChI is InChI=1S/C22H21NO6S/c1-3-28-18-11-16(13-22(24)25)12-20(14-18)30(26,27)19-9-7-17(8-10-19)29-21-6-4-5-15(2)23-21/h4-12,14H,3,13H2,1-2H3,(H,24,25). The maximum Gasteiger partial charge on any atom is 0.307 e. The van der Waals surface area contributed by atoms with Gasteiger partial charge in [-0.2, -0.15) is 0 Å². The van der Waals surface area contributed by atoms with E-state index in [0.29, 0.717) is 29.5 Å². The number of sulfone groups is 1. The minimum Gasteiger partial charge on any atom is -0.494 e. The summed E-state index contributed by atoms with van der Waals surface area (Å²) in [5, 5.41) is 9.06. The fourth-order valence-corrected chi connectivity index (χ4v) is 4.18. The van der Waals surface area contributed by atoms with Gasteiger partial charge in [0.2, 0.25) is 15.7 Å². The van der Waals surface area contributed by atoms with Crippen molar-refractivity contribution in [3.05, 3.63) is 71.9 Å². The van der Waals surface area contributed by atoms with E-state index in [-0.39, 0.29) is 16.2 Å². The zero-order chi connectivity index (χ0) is 21.7. The monoisotopic (exact) mass is 427 g/mol. The molecule has 0 amide bonds. The van der Waals surface area contributed by atoms with Crippen molar-refractivity contribution < 1.29 is 27.8 Å². The number of aromatic nitrogens is 1. The second kappa shape index (κ2) is 8.96. The van der Waals surface area contributed by atoms with Gasteiger partial charge in [-0.05, 0) is 67.9 Å². The zero-order valence-corrected chi connectivity index (χ0v) is 17.3. The third-order valence-electron chi connectivity index (χ3n) is 4.14. The van der Waals surface area contributed by atoms with Crippen LogP contribution in [0.5, 0.6) is 17.4 Å². The quantitative estimate of drug-likeness (QED) is 0.579. The summed E-state index contributed by atoms with van der Waals surface area (Å²) in [4.78, 5) is 15.3. The Kier molecular flexibility index (Phi) is 6.37. The first-order valence-electron chi connectivity index (χ1n) is 9.23. The van der Waals surface area contributed by atoms with Crippen molar-refractivity contribution in [2.75, 3.05) is 6.61 Å². The van der Waals surface area contributed by atoms with Crippen LogP contribution in [0.3, 0.4) is 0 Å². The molecular weight excluding hydrogens is 406 g/mol. The van der Waals surface area contributed by atoms with Crippen molar-refractivity contribution in [1.29, 1.82) is 0 Å². The van der Waals surface area contributed by atoms with Gasteiger partial charge in [0.25, 0.3) is 0 Å². The number of hydrogen-bond donors (Lipinski definition) is 1. The van der Waals surface area contributed by atoms with Gasteiger partial charge in [-0.25, -0.2) is 13.4 Å². The molecule has 1 aromatic heterocycles. The van der Waals surface area contributed by atoms with E-state index < -0.39 is 15.8 Å². The van der Waals surface area contributed by atoms with Crippen molar-refractivity contribution in [1.82, 2.24) is 4.98 Å². The first-order chi connectivity index (χ1) is 14.3. The van der Waals surface area contributed by atoms with Crippen LogP contribution in [0.2, 0.25) is 0 Å². The van der Waals surface area contributed by atoms with Crippen LogP contribution in [-0.2, 0) is 21.1 Å². The van der Waals surface area contributed by atoms with Crippen molar-refractivity contribution in [2.24, 2.45) is 0 Å². The van der Waals surface area contributed by atoms with Gasteiger partial charge in [-0.15, -0.1) is 0 Å². The highest BCUT2D eigenvalue weighted by Crippen LogP contribution is 2.29. The van der Waals surface area contributed by atoms with E-state index in [1.54, 1.807) is 25.1 Å². The van der Waals surface area contributed by atoms with Crippen LogP contribution in [0.25, 0.3) is 0 Å². The molecule has 0 unspecified atom stereocenters. The van der Waals surface area contributed by atoms with Crippen LogP contribution in [0.15, 0.2) is 70.5 Å². The van der Waals surface area contributed by atoms with Crippen LogP contribution < -0.4 is 9.47 Å². The Bertz CT molecular complexity index is 1160. The Hall–Kier alpha value is -3.39. The molecule has 0 atom stereocenters. The molecule has 7 nitrogen and oxygen atoms in total. The number of aryl methyl sites for hydroxylation is 1. The lowest BCUT2D eigenvalue weighted by Crippen LogP contribution is -2.06. The number of nitrogens with zero attached hydrogens (tertiary/aromatic N) is 1. The summed E-state index contributed by atoms with van der Waals surface area (Å²) in [6.07, 6.45) is -0.306. The number of carboxylic acids is 1. The van der Waals surface area contributed by atoms with Gasteiger partial charge in [0.1, 0.15) is 11.5 Å². The van der Waals surface area contributed by atoms with Gasteiger partial charge in [0, 0.05) is 11.8 Å². The third kappa shape index (κ3) is 5.15. The highest BCUT2D eigenvalue weighted by atomic mass is 32.2. The Balaban J connectivity index is 1.90. The largest absolute Gasteiger partial charge is 0.494 e. The van der Waals surface area contributed by atoms with Crippen LogP contribution >= 0.6 is 0 Å². The first kappa shape index (κ1) is 21.3. The predicted molar refractivity (Wildman–Crippen MR) is 110 cm³/mol. The van der Waals surface area contributed by atoms with E-state index in [9.17, 15) is 13.2 Å². The highest BCUT2D eigenvalue weighted by Gasteiger charge is 2.20. The molecule has 156 valence electrons. The molecule has 0 bridgehead atoms. The number of benzene rings is 2. The van der Waals surface area contributed by atoms with E-state index in [1.165, 1.54) is 30.3 Å².